The molecule has 3 N–H and O–H groups in total. The van der Waals surface area contributed by atoms with Gasteiger partial charge in [-0.15, -0.1) is 0 Å². The van der Waals surface area contributed by atoms with Crippen LogP contribution in [0.2, 0.25) is 0 Å². The minimum atomic E-state index is 0.382. The number of hydrogen-bond donors (Lipinski definition) is 2. The van der Waals surface area contributed by atoms with Gasteiger partial charge in [0.05, 0.1) is 0 Å². The van der Waals surface area contributed by atoms with Gasteiger partial charge in [-0.2, -0.15) is 0 Å². The summed E-state index contributed by atoms with van der Waals surface area (Å²) in [6.45, 7) is 5.25. The van der Waals surface area contributed by atoms with Crippen molar-refractivity contribution in [3.8, 4) is 0 Å². The lowest BCUT2D eigenvalue weighted by Crippen LogP contribution is -2.33. The Kier molecular flexibility index (Phi) is 5.13. The third-order valence-corrected chi connectivity index (χ3v) is 3.61. The smallest absolute Gasteiger partial charge is 0.126 e. The van der Waals surface area contributed by atoms with Crippen LogP contribution < -0.4 is 11.1 Å². The molecule has 1 atom stereocenters. The minimum Gasteiger partial charge on any atom is -0.383 e. The third-order valence-electron chi connectivity index (χ3n) is 3.61. The van der Waals surface area contributed by atoms with Gasteiger partial charge in [0, 0.05) is 12.2 Å². The Bertz CT molecular complexity index is 504. The normalized spacial score (nSPS) is 12.3. The van der Waals surface area contributed by atoms with Gasteiger partial charge in [-0.05, 0) is 49.1 Å². The van der Waals surface area contributed by atoms with Crippen LogP contribution in [0.3, 0.4) is 0 Å². The second-order valence-electron chi connectivity index (χ2n) is 5.14. The molecule has 1 unspecified atom stereocenters. The largest absolute Gasteiger partial charge is 0.383 e. The molecule has 0 aliphatic rings. The Hall–Kier alpha value is -1.87. The highest BCUT2D eigenvalue weighted by Gasteiger charge is 2.12. The molecule has 0 bridgehead atoms. The van der Waals surface area contributed by atoms with E-state index in [-0.39, 0.29) is 0 Å². The Balaban J connectivity index is 2.12. The number of rotatable bonds is 6. The molecular formula is C17H23N3. The van der Waals surface area contributed by atoms with E-state index in [1.807, 2.05) is 6.07 Å². The molecule has 0 amide bonds. The van der Waals surface area contributed by atoms with E-state index in [0.29, 0.717) is 11.9 Å². The molecule has 2 rings (SSSR count). The van der Waals surface area contributed by atoms with Crippen LogP contribution in [0.25, 0.3) is 0 Å². The van der Waals surface area contributed by atoms with Crippen molar-refractivity contribution >= 4 is 5.82 Å². The zero-order valence-corrected chi connectivity index (χ0v) is 12.3. The van der Waals surface area contributed by atoms with Gasteiger partial charge in [-0.25, -0.2) is 4.98 Å². The van der Waals surface area contributed by atoms with Gasteiger partial charge in [-0.3, -0.25) is 0 Å². The lowest BCUT2D eigenvalue weighted by atomic mass is 9.96. The predicted molar refractivity (Wildman–Crippen MR) is 84.7 cm³/mol. The molecule has 0 spiro atoms. The van der Waals surface area contributed by atoms with Crippen molar-refractivity contribution in [2.75, 3.05) is 12.3 Å². The summed E-state index contributed by atoms with van der Waals surface area (Å²) >= 11 is 0. The summed E-state index contributed by atoms with van der Waals surface area (Å²) < 4.78 is 0. The van der Waals surface area contributed by atoms with Gasteiger partial charge in [0.25, 0.3) is 0 Å². The first-order valence-corrected chi connectivity index (χ1v) is 7.18. The number of aromatic nitrogens is 1. The quantitative estimate of drug-likeness (QED) is 0.848. The lowest BCUT2D eigenvalue weighted by molar-refractivity contribution is 0.520. The molecule has 20 heavy (non-hydrogen) atoms. The number of aryl methyl sites for hydroxylation is 1. The number of nitrogens with two attached hydrogens (primary N) is 1. The molecule has 3 heteroatoms. The lowest BCUT2D eigenvalue weighted by Gasteiger charge is -2.19. The van der Waals surface area contributed by atoms with Crippen molar-refractivity contribution in [1.29, 1.82) is 0 Å². The summed E-state index contributed by atoms with van der Waals surface area (Å²) in [5, 5.41) is 3.55. The Morgan fingerprint density at radius 1 is 1.10 bits per heavy atom. The van der Waals surface area contributed by atoms with Gasteiger partial charge < -0.3 is 11.1 Å². The van der Waals surface area contributed by atoms with Crippen molar-refractivity contribution < 1.29 is 0 Å². The number of benzene rings is 1. The van der Waals surface area contributed by atoms with Crippen LogP contribution in [0.4, 0.5) is 5.82 Å². The van der Waals surface area contributed by atoms with Crippen LogP contribution in [-0.4, -0.2) is 17.6 Å². The maximum atomic E-state index is 5.95. The minimum absolute atomic E-state index is 0.382. The van der Waals surface area contributed by atoms with Gasteiger partial charge in [0.1, 0.15) is 5.82 Å². The summed E-state index contributed by atoms with van der Waals surface area (Å²) in [5.41, 5.74) is 9.80. The summed E-state index contributed by atoms with van der Waals surface area (Å²) in [4.78, 5) is 4.17. The van der Waals surface area contributed by atoms with Crippen molar-refractivity contribution in [1.82, 2.24) is 10.3 Å². The third kappa shape index (κ3) is 3.81. The van der Waals surface area contributed by atoms with E-state index in [1.165, 1.54) is 11.1 Å². The first-order chi connectivity index (χ1) is 9.70. The highest BCUT2D eigenvalue weighted by Crippen LogP contribution is 2.15. The van der Waals surface area contributed by atoms with Gasteiger partial charge in [0.2, 0.25) is 0 Å². The van der Waals surface area contributed by atoms with Crippen molar-refractivity contribution in [3.63, 3.8) is 0 Å². The fourth-order valence-corrected chi connectivity index (χ4v) is 2.50. The number of pyridine rings is 1. The van der Waals surface area contributed by atoms with E-state index in [0.717, 1.165) is 24.9 Å². The van der Waals surface area contributed by atoms with Crippen LogP contribution in [0.15, 0.2) is 42.6 Å². The maximum absolute atomic E-state index is 5.95. The Labute approximate surface area is 121 Å². The summed E-state index contributed by atoms with van der Waals surface area (Å²) in [6.07, 6.45) is 3.65. The first kappa shape index (κ1) is 14.5. The van der Waals surface area contributed by atoms with Gasteiger partial charge in [-0.1, -0.05) is 37.3 Å². The van der Waals surface area contributed by atoms with E-state index in [1.54, 1.807) is 6.20 Å². The molecule has 106 valence electrons. The monoisotopic (exact) mass is 269 g/mol. The second kappa shape index (κ2) is 7.06. The van der Waals surface area contributed by atoms with E-state index in [2.05, 4.69) is 54.5 Å². The molecule has 0 aliphatic heterocycles. The predicted octanol–water partition coefficient (Wildman–Crippen LogP) is 2.74. The number of hydrogen-bond acceptors (Lipinski definition) is 3. The summed E-state index contributed by atoms with van der Waals surface area (Å²) in [7, 11) is 0. The number of nitrogens with one attached hydrogen (secondary N) is 1. The molecule has 0 saturated carbocycles. The van der Waals surface area contributed by atoms with Crippen LogP contribution in [0.1, 0.15) is 23.6 Å². The topological polar surface area (TPSA) is 50.9 Å². The molecule has 1 heterocycles. The van der Waals surface area contributed by atoms with Crippen molar-refractivity contribution in [3.05, 3.63) is 59.3 Å². The highest BCUT2D eigenvalue weighted by atomic mass is 14.9. The SMILES string of the molecule is CCNC(Cc1ccccc1C)Cc1cccnc1N. The molecular weight excluding hydrogens is 246 g/mol. The van der Waals surface area contributed by atoms with E-state index in [9.17, 15) is 0 Å². The van der Waals surface area contributed by atoms with E-state index >= 15 is 0 Å². The molecule has 0 saturated heterocycles. The number of nitrogen functional groups attached to an aromatic ring is 1. The average molecular weight is 269 g/mol. The number of anilines is 1. The standard InChI is InChI=1S/C17H23N3/c1-3-19-16(11-14-8-5-4-7-13(14)2)12-15-9-6-10-20-17(15)18/h4-10,16,19H,3,11-12H2,1-2H3,(H2,18,20). The molecule has 0 aliphatic carbocycles. The highest BCUT2D eigenvalue weighted by molar-refractivity contribution is 5.39. The zero-order chi connectivity index (χ0) is 14.4. The first-order valence-electron chi connectivity index (χ1n) is 7.18. The number of nitrogens with zero attached hydrogens (tertiary/aromatic N) is 1. The fraction of sp³-hybridized carbons (Fsp3) is 0.353. The Morgan fingerprint density at radius 3 is 2.50 bits per heavy atom. The molecule has 0 fully saturated rings. The zero-order valence-electron chi connectivity index (χ0n) is 12.3. The molecule has 2 aromatic rings. The fourth-order valence-electron chi connectivity index (χ4n) is 2.50. The average Bonchev–Trinajstić information content (AvgIpc) is 2.44. The Morgan fingerprint density at radius 2 is 1.80 bits per heavy atom. The summed E-state index contributed by atoms with van der Waals surface area (Å²) in [6, 6.07) is 12.9. The summed E-state index contributed by atoms with van der Waals surface area (Å²) in [5.74, 6) is 0.639. The number of likely N-dealkylation sites (N-methyl/N-ethyl adjacent to an activating group) is 1. The second-order valence-corrected chi connectivity index (χ2v) is 5.14. The van der Waals surface area contributed by atoms with Crippen molar-refractivity contribution in [2.24, 2.45) is 0 Å². The van der Waals surface area contributed by atoms with Crippen LogP contribution in [0, 0.1) is 6.92 Å². The molecule has 1 aromatic heterocycles. The van der Waals surface area contributed by atoms with Crippen LogP contribution >= 0.6 is 0 Å². The van der Waals surface area contributed by atoms with Gasteiger partial charge in [0.15, 0.2) is 0 Å². The van der Waals surface area contributed by atoms with Gasteiger partial charge >= 0.3 is 0 Å². The van der Waals surface area contributed by atoms with Crippen LogP contribution in [0.5, 0.6) is 0 Å². The van der Waals surface area contributed by atoms with Crippen LogP contribution in [-0.2, 0) is 12.8 Å². The van der Waals surface area contributed by atoms with E-state index in [4.69, 9.17) is 5.73 Å². The molecule has 3 nitrogen and oxygen atoms in total. The molecule has 0 radical (unpaired) electrons. The van der Waals surface area contributed by atoms with E-state index < -0.39 is 0 Å². The maximum Gasteiger partial charge on any atom is 0.126 e. The molecule has 1 aromatic carbocycles. The van der Waals surface area contributed by atoms with Crippen molar-refractivity contribution in [2.45, 2.75) is 32.7 Å².